The molecule has 0 saturated carbocycles. The van der Waals surface area contributed by atoms with E-state index < -0.39 is 11.4 Å². The molecule has 2 aliphatic heterocycles. The van der Waals surface area contributed by atoms with Crippen LogP contribution >= 0.6 is 0 Å². The van der Waals surface area contributed by atoms with Gasteiger partial charge in [0.25, 0.3) is 0 Å². The largest absolute Gasteiger partial charge is 0.481 e. The number of urea groups is 1. The minimum atomic E-state index is -0.696. The number of rotatable bonds is 3. The summed E-state index contributed by atoms with van der Waals surface area (Å²) in [4.78, 5) is 27.9. The molecule has 0 aromatic carbocycles. The third-order valence-electron chi connectivity index (χ3n) is 5.12. The maximum absolute atomic E-state index is 12.5. The first-order valence-electron chi connectivity index (χ1n) is 8.07. The minimum Gasteiger partial charge on any atom is -0.481 e. The van der Waals surface area contributed by atoms with Gasteiger partial charge in [-0.3, -0.25) is 4.79 Å². The Labute approximate surface area is 127 Å². The van der Waals surface area contributed by atoms with Crippen molar-refractivity contribution in [1.29, 1.82) is 0 Å². The molecule has 0 spiro atoms. The highest BCUT2D eigenvalue weighted by molar-refractivity contribution is 5.77. The molecule has 0 bridgehead atoms. The van der Waals surface area contributed by atoms with Gasteiger partial charge in [0.1, 0.15) is 0 Å². The van der Waals surface area contributed by atoms with Gasteiger partial charge in [0.2, 0.25) is 0 Å². The zero-order valence-corrected chi connectivity index (χ0v) is 13.5. The van der Waals surface area contributed by atoms with E-state index in [-0.39, 0.29) is 11.4 Å². The minimum absolute atomic E-state index is 0.0936. The van der Waals surface area contributed by atoms with E-state index >= 15 is 0 Å². The molecule has 0 atom stereocenters. The van der Waals surface area contributed by atoms with Crippen molar-refractivity contribution in [3.8, 4) is 0 Å². The lowest BCUT2D eigenvalue weighted by atomic mass is 9.75. The summed E-state index contributed by atoms with van der Waals surface area (Å²) in [6, 6.07) is 0.0936. The number of piperidine rings is 1. The summed E-state index contributed by atoms with van der Waals surface area (Å²) in [5, 5.41) is 9.51. The average molecular weight is 296 g/mol. The fourth-order valence-electron chi connectivity index (χ4n) is 3.65. The smallest absolute Gasteiger partial charge is 0.320 e. The third kappa shape index (κ3) is 3.33. The summed E-state index contributed by atoms with van der Waals surface area (Å²) in [6.45, 7) is 9.17. The summed E-state index contributed by atoms with van der Waals surface area (Å²) < 4.78 is 0. The molecule has 2 aliphatic rings. The number of carboxylic acid groups (broad SMARTS) is 1. The predicted octanol–water partition coefficient (Wildman–Crippen LogP) is 2.81. The predicted molar refractivity (Wildman–Crippen MR) is 81.2 cm³/mol. The molecule has 5 nitrogen and oxygen atoms in total. The van der Waals surface area contributed by atoms with Crippen molar-refractivity contribution >= 4 is 12.0 Å². The fraction of sp³-hybridized carbons (Fsp3) is 0.875. The Morgan fingerprint density at radius 2 is 1.62 bits per heavy atom. The molecule has 21 heavy (non-hydrogen) atoms. The number of carbonyl (C=O) groups excluding carboxylic acids is 1. The number of carbonyl (C=O) groups is 2. The van der Waals surface area contributed by atoms with Gasteiger partial charge in [0, 0.05) is 26.2 Å². The fourth-order valence-corrected chi connectivity index (χ4v) is 3.65. The number of hydrogen-bond acceptors (Lipinski definition) is 2. The lowest BCUT2D eigenvalue weighted by Gasteiger charge is -2.40. The Balaban J connectivity index is 1.94. The van der Waals surface area contributed by atoms with Crippen molar-refractivity contribution in [1.82, 2.24) is 9.80 Å². The highest BCUT2D eigenvalue weighted by atomic mass is 16.4. The zero-order chi connectivity index (χ0) is 15.7. The van der Waals surface area contributed by atoms with Crippen LogP contribution in [0.15, 0.2) is 0 Å². The highest BCUT2D eigenvalue weighted by Gasteiger charge is 2.43. The normalized spacial score (nSPS) is 24.1. The van der Waals surface area contributed by atoms with Gasteiger partial charge in [0.05, 0.1) is 5.41 Å². The van der Waals surface area contributed by atoms with E-state index in [9.17, 15) is 14.7 Å². The number of nitrogens with zero attached hydrogens (tertiary/aromatic N) is 2. The molecular formula is C16H28N2O3. The second-order valence-corrected chi connectivity index (χ2v) is 7.44. The second kappa shape index (κ2) is 5.85. The van der Waals surface area contributed by atoms with Crippen molar-refractivity contribution in [3.05, 3.63) is 0 Å². The number of hydrogen-bond donors (Lipinski definition) is 1. The van der Waals surface area contributed by atoms with E-state index in [1.807, 2.05) is 16.7 Å². The SMILES string of the molecule is CCCC1(C(=O)O)CCN(C(=O)N2CCC(C)(C)C2)CC1. The van der Waals surface area contributed by atoms with Gasteiger partial charge in [-0.25, -0.2) is 4.79 Å². The van der Waals surface area contributed by atoms with Crippen LogP contribution in [0.3, 0.4) is 0 Å². The Bertz CT molecular complexity index is 412. The molecule has 2 rings (SSSR count). The Hall–Kier alpha value is -1.26. The van der Waals surface area contributed by atoms with Crippen molar-refractivity contribution in [2.24, 2.45) is 10.8 Å². The van der Waals surface area contributed by atoms with Crippen LogP contribution in [0.2, 0.25) is 0 Å². The number of carboxylic acids is 1. The molecule has 1 N–H and O–H groups in total. The number of likely N-dealkylation sites (tertiary alicyclic amines) is 2. The first-order chi connectivity index (χ1) is 9.80. The Morgan fingerprint density at radius 1 is 1.05 bits per heavy atom. The summed E-state index contributed by atoms with van der Waals surface area (Å²) in [5.74, 6) is -0.696. The van der Waals surface area contributed by atoms with Crippen molar-refractivity contribution in [2.75, 3.05) is 26.2 Å². The van der Waals surface area contributed by atoms with E-state index in [4.69, 9.17) is 0 Å². The maximum Gasteiger partial charge on any atom is 0.320 e. The standard InChI is InChI=1S/C16H28N2O3/c1-4-5-16(13(19)20)7-10-17(11-8-16)14(21)18-9-6-15(2,3)12-18/h4-12H2,1-3H3,(H,19,20). The van der Waals surface area contributed by atoms with Gasteiger partial charge in [-0.2, -0.15) is 0 Å². The van der Waals surface area contributed by atoms with Crippen LogP contribution in [0.5, 0.6) is 0 Å². The van der Waals surface area contributed by atoms with Gasteiger partial charge in [-0.15, -0.1) is 0 Å². The lowest BCUT2D eigenvalue weighted by Crippen LogP contribution is -2.50. The maximum atomic E-state index is 12.5. The van der Waals surface area contributed by atoms with E-state index in [0.29, 0.717) is 32.4 Å². The molecule has 2 heterocycles. The van der Waals surface area contributed by atoms with E-state index in [2.05, 4.69) is 13.8 Å². The molecule has 2 fully saturated rings. The van der Waals surface area contributed by atoms with Crippen LogP contribution in [0.1, 0.15) is 52.9 Å². The quantitative estimate of drug-likeness (QED) is 0.871. The molecular weight excluding hydrogens is 268 g/mol. The van der Waals surface area contributed by atoms with Crippen molar-refractivity contribution in [2.45, 2.75) is 52.9 Å². The van der Waals surface area contributed by atoms with Crippen LogP contribution in [-0.2, 0) is 4.79 Å². The number of aliphatic carboxylic acids is 1. The third-order valence-corrected chi connectivity index (χ3v) is 5.12. The summed E-state index contributed by atoms with van der Waals surface area (Å²) in [5.41, 5.74) is -0.408. The van der Waals surface area contributed by atoms with E-state index in [1.54, 1.807) is 0 Å². The van der Waals surface area contributed by atoms with Gasteiger partial charge in [-0.1, -0.05) is 27.2 Å². The summed E-state index contributed by atoms with van der Waals surface area (Å²) >= 11 is 0. The van der Waals surface area contributed by atoms with E-state index in [1.165, 1.54) is 0 Å². The highest BCUT2D eigenvalue weighted by Crippen LogP contribution is 2.37. The van der Waals surface area contributed by atoms with Crippen LogP contribution in [0.25, 0.3) is 0 Å². The van der Waals surface area contributed by atoms with Gasteiger partial charge >= 0.3 is 12.0 Å². The van der Waals surface area contributed by atoms with Gasteiger partial charge < -0.3 is 14.9 Å². The first kappa shape index (κ1) is 16.1. The zero-order valence-electron chi connectivity index (χ0n) is 13.5. The van der Waals surface area contributed by atoms with Crippen molar-refractivity contribution < 1.29 is 14.7 Å². The van der Waals surface area contributed by atoms with Crippen LogP contribution < -0.4 is 0 Å². The molecule has 0 aromatic heterocycles. The topological polar surface area (TPSA) is 60.9 Å². The molecule has 0 aliphatic carbocycles. The first-order valence-corrected chi connectivity index (χ1v) is 8.07. The molecule has 2 saturated heterocycles. The van der Waals surface area contributed by atoms with Crippen LogP contribution in [0.4, 0.5) is 4.79 Å². The Kier molecular flexibility index (Phi) is 4.49. The molecule has 5 heteroatoms. The van der Waals surface area contributed by atoms with Crippen molar-refractivity contribution in [3.63, 3.8) is 0 Å². The van der Waals surface area contributed by atoms with Crippen LogP contribution in [0, 0.1) is 10.8 Å². The van der Waals surface area contributed by atoms with E-state index in [0.717, 1.165) is 25.9 Å². The average Bonchev–Trinajstić information content (AvgIpc) is 2.79. The summed E-state index contributed by atoms with van der Waals surface area (Å²) in [6.07, 6.45) is 3.79. The molecule has 2 amide bonds. The van der Waals surface area contributed by atoms with Gasteiger partial charge in [-0.05, 0) is 31.1 Å². The van der Waals surface area contributed by atoms with Gasteiger partial charge in [0.15, 0.2) is 0 Å². The molecule has 0 aromatic rings. The number of amides is 2. The molecule has 0 radical (unpaired) electrons. The lowest BCUT2D eigenvalue weighted by molar-refractivity contribution is -0.152. The monoisotopic (exact) mass is 296 g/mol. The molecule has 0 unspecified atom stereocenters. The molecule has 120 valence electrons. The van der Waals surface area contributed by atoms with Crippen LogP contribution in [-0.4, -0.2) is 53.1 Å². The Morgan fingerprint density at radius 3 is 2.05 bits per heavy atom. The second-order valence-electron chi connectivity index (χ2n) is 7.44. The summed E-state index contributed by atoms with van der Waals surface area (Å²) in [7, 11) is 0.